The van der Waals surface area contributed by atoms with Crippen molar-refractivity contribution in [3.05, 3.63) is 88.0 Å². The Kier molecular flexibility index (Phi) is 6.11. The van der Waals surface area contributed by atoms with Gasteiger partial charge in [-0.05, 0) is 62.7 Å². The Morgan fingerprint density at radius 3 is 2.51 bits per heavy atom. The van der Waals surface area contributed by atoms with E-state index in [1.807, 2.05) is 80.7 Å². The van der Waals surface area contributed by atoms with Gasteiger partial charge in [-0.3, -0.25) is 14.5 Å². The van der Waals surface area contributed by atoms with E-state index in [9.17, 15) is 9.59 Å². The SMILES string of the molecule is COc1cc(N(C)C)ccc1-c1nc2c(n1C(C)C)C1(C(=O)Nc3cc(C)ccc31)N(c1cc(Cl)ccc1F)C2=O. The molecule has 2 amide bonds. The summed E-state index contributed by atoms with van der Waals surface area (Å²) < 4.78 is 23.1. The highest BCUT2D eigenvalue weighted by Gasteiger charge is 2.64. The molecule has 3 heterocycles. The van der Waals surface area contributed by atoms with Crippen LogP contribution in [0.1, 0.15) is 47.2 Å². The number of hydrogen-bond donors (Lipinski definition) is 1. The van der Waals surface area contributed by atoms with E-state index in [0.717, 1.165) is 11.3 Å². The van der Waals surface area contributed by atoms with Crippen molar-refractivity contribution in [1.82, 2.24) is 9.55 Å². The molecule has 0 saturated heterocycles. The number of carbonyl (C=O) groups is 2. The lowest BCUT2D eigenvalue weighted by Gasteiger charge is -2.36. The molecule has 1 atom stereocenters. The topological polar surface area (TPSA) is 79.7 Å². The highest BCUT2D eigenvalue weighted by atomic mass is 35.5. The van der Waals surface area contributed by atoms with Crippen molar-refractivity contribution < 1.29 is 18.7 Å². The number of aromatic nitrogens is 2. The molecule has 2 aliphatic rings. The molecule has 0 saturated carbocycles. The van der Waals surface area contributed by atoms with Gasteiger partial charge in [0.25, 0.3) is 11.8 Å². The number of imidazole rings is 1. The second-order valence-corrected chi connectivity index (χ2v) is 11.3. The molecule has 0 radical (unpaired) electrons. The minimum atomic E-state index is -1.73. The lowest BCUT2D eigenvalue weighted by Crippen LogP contribution is -2.51. The standard InChI is InChI=1S/C31H29ClFN5O3/c1-16(2)37-27-26(35-28(37)20-10-9-19(36(4)5)15-25(20)41-6)29(39)38(24-14-18(32)8-12-22(24)33)31(27)21-11-7-17(3)13-23(21)34-30(31)40/h7-16H,1-6H3,(H,34,40). The molecule has 1 spiro atoms. The quantitative estimate of drug-likeness (QED) is 0.309. The summed E-state index contributed by atoms with van der Waals surface area (Å²) >= 11 is 6.29. The third-order valence-corrected chi connectivity index (χ3v) is 7.98. The van der Waals surface area contributed by atoms with Gasteiger partial charge in [0.1, 0.15) is 17.4 Å². The monoisotopic (exact) mass is 573 g/mol. The van der Waals surface area contributed by atoms with Crippen molar-refractivity contribution in [3.63, 3.8) is 0 Å². The predicted molar refractivity (Wildman–Crippen MR) is 158 cm³/mol. The van der Waals surface area contributed by atoms with Gasteiger partial charge in [-0.25, -0.2) is 9.37 Å². The first-order valence-corrected chi connectivity index (χ1v) is 13.6. The highest BCUT2D eigenvalue weighted by molar-refractivity contribution is 6.31. The van der Waals surface area contributed by atoms with Gasteiger partial charge in [-0.1, -0.05) is 23.7 Å². The van der Waals surface area contributed by atoms with Crippen molar-refractivity contribution in [3.8, 4) is 17.1 Å². The van der Waals surface area contributed by atoms with Crippen molar-refractivity contribution in [2.45, 2.75) is 32.4 Å². The van der Waals surface area contributed by atoms with Crippen LogP contribution >= 0.6 is 11.6 Å². The molecule has 1 N–H and O–H groups in total. The Morgan fingerprint density at radius 1 is 1.07 bits per heavy atom. The number of amides is 2. The number of ether oxygens (including phenoxy) is 1. The maximum atomic E-state index is 15.5. The first-order chi connectivity index (χ1) is 19.5. The minimum absolute atomic E-state index is 0.0652. The van der Waals surface area contributed by atoms with E-state index < -0.39 is 23.2 Å². The van der Waals surface area contributed by atoms with Crippen molar-refractivity contribution in [1.29, 1.82) is 0 Å². The maximum Gasteiger partial charge on any atom is 0.280 e. The average Bonchev–Trinajstić information content (AvgIpc) is 3.53. The normalized spacial score (nSPS) is 17.3. The summed E-state index contributed by atoms with van der Waals surface area (Å²) in [6.45, 7) is 5.82. The zero-order valence-corrected chi connectivity index (χ0v) is 24.3. The number of carbonyl (C=O) groups excluding carboxylic acids is 2. The van der Waals surface area contributed by atoms with E-state index in [2.05, 4.69) is 5.32 Å². The fraction of sp³-hybridized carbons (Fsp3) is 0.258. The smallest absolute Gasteiger partial charge is 0.280 e. The molecule has 1 aromatic heterocycles. The zero-order chi connectivity index (χ0) is 29.4. The lowest BCUT2D eigenvalue weighted by molar-refractivity contribution is -0.119. The molecule has 1 unspecified atom stereocenters. The van der Waals surface area contributed by atoms with Crippen LogP contribution in [0, 0.1) is 12.7 Å². The molecule has 10 heteroatoms. The second kappa shape index (κ2) is 9.34. The first kappa shape index (κ1) is 26.8. The molecule has 0 fully saturated rings. The number of nitrogens with one attached hydrogen (secondary N) is 1. The summed E-state index contributed by atoms with van der Waals surface area (Å²) in [5.74, 6) is -0.729. The highest BCUT2D eigenvalue weighted by Crippen LogP contribution is 2.55. The summed E-state index contributed by atoms with van der Waals surface area (Å²) in [6, 6.07) is 15.0. The lowest BCUT2D eigenvalue weighted by atomic mass is 9.86. The number of fused-ring (bicyclic) bond motifs is 4. The Bertz CT molecular complexity index is 1760. The van der Waals surface area contributed by atoms with E-state index in [-0.39, 0.29) is 22.4 Å². The van der Waals surface area contributed by atoms with Crippen LogP contribution in [0.4, 0.5) is 21.5 Å². The molecule has 6 rings (SSSR count). The van der Waals surface area contributed by atoms with Crippen LogP contribution < -0.4 is 19.9 Å². The summed E-state index contributed by atoms with van der Waals surface area (Å²) in [7, 11) is 5.44. The van der Waals surface area contributed by atoms with Gasteiger partial charge in [-0.15, -0.1) is 0 Å². The molecule has 41 heavy (non-hydrogen) atoms. The fourth-order valence-corrected chi connectivity index (χ4v) is 6.11. The van der Waals surface area contributed by atoms with E-state index in [4.69, 9.17) is 21.3 Å². The third-order valence-electron chi connectivity index (χ3n) is 7.74. The fourth-order valence-electron chi connectivity index (χ4n) is 5.94. The number of hydrogen-bond acceptors (Lipinski definition) is 5. The van der Waals surface area contributed by atoms with Crippen LogP contribution in [0.5, 0.6) is 5.75 Å². The van der Waals surface area contributed by atoms with E-state index in [1.165, 1.54) is 23.1 Å². The van der Waals surface area contributed by atoms with Gasteiger partial charge in [0.15, 0.2) is 11.2 Å². The van der Waals surface area contributed by atoms with E-state index in [1.54, 1.807) is 7.11 Å². The average molecular weight is 574 g/mol. The molecular weight excluding hydrogens is 545 g/mol. The summed E-state index contributed by atoms with van der Waals surface area (Å²) in [5.41, 5.74) is 2.19. The molecule has 8 nitrogen and oxygen atoms in total. The molecule has 210 valence electrons. The molecule has 3 aromatic carbocycles. The Morgan fingerprint density at radius 2 is 1.83 bits per heavy atom. The number of rotatable bonds is 5. The Hall–Kier alpha value is -4.37. The number of anilines is 3. The van der Waals surface area contributed by atoms with Crippen molar-refractivity contribution in [2.24, 2.45) is 0 Å². The molecule has 0 aliphatic carbocycles. The van der Waals surface area contributed by atoms with E-state index in [0.29, 0.717) is 34.1 Å². The minimum Gasteiger partial charge on any atom is -0.496 e. The van der Waals surface area contributed by atoms with Gasteiger partial charge in [0, 0.05) is 48.2 Å². The van der Waals surface area contributed by atoms with Crippen LogP contribution in [-0.2, 0) is 10.3 Å². The van der Waals surface area contributed by atoms with Crippen molar-refractivity contribution in [2.75, 3.05) is 36.3 Å². The van der Waals surface area contributed by atoms with E-state index >= 15 is 4.39 Å². The number of methoxy groups -OCH3 is 1. The van der Waals surface area contributed by atoms with Crippen LogP contribution in [0.25, 0.3) is 11.4 Å². The number of halogens is 2. The van der Waals surface area contributed by atoms with Gasteiger partial charge < -0.3 is 19.5 Å². The summed E-state index contributed by atoms with van der Waals surface area (Å²) in [6.07, 6.45) is 0. The molecule has 4 aromatic rings. The second-order valence-electron chi connectivity index (χ2n) is 10.8. The third kappa shape index (κ3) is 3.68. The van der Waals surface area contributed by atoms with Gasteiger partial charge >= 0.3 is 0 Å². The molecule has 2 aliphatic heterocycles. The van der Waals surface area contributed by atoms with Gasteiger partial charge in [-0.2, -0.15) is 0 Å². The van der Waals surface area contributed by atoms with Crippen LogP contribution in [-0.4, -0.2) is 42.6 Å². The van der Waals surface area contributed by atoms with Crippen LogP contribution in [0.15, 0.2) is 54.6 Å². The number of aryl methyl sites for hydroxylation is 1. The molecular formula is C31H29ClFN5O3. The Labute approximate surface area is 242 Å². The van der Waals surface area contributed by atoms with Crippen LogP contribution in [0.2, 0.25) is 5.02 Å². The molecule has 0 bridgehead atoms. The zero-order valence-electron chi connectivity index (χ0n) is 23.5. The van der Waals surface area contributed by atoms with Crippen molar-refractivity contribution >= 4 is 40.5 Å². The van der Waals surface area contributed by atoms with Crippen LogP contribution in [0.3, 0.4) is 0 Å². The summed E-state index contributed by atoms with van der Waals surface area (Å²) in [5, 5.41) is 3.20. The predicted octanol–water partition coefficient (Wildman–Crippen LogP) is 6.16. The maximum absolute atomic E-state index is 15.5. The summed E-state index contributed by atoms with van der Waals surface area (Å²) in [4.78, 5) is 36.7. The first-order valence-electron chi connectivity index (χ1n) is 13.2. The van der Waals surface area contributed by atoms with Gasteiger partial charge in [0.2, 0.25) is 0 Å². The largest absolute Gasteiger partial charge is 0.496 e. The number of nitrogens with zero attached hydrogens (tertiary/aromatic N) is 4. The number of benzene rings is 3. The Balaban J connectivity index is 1.72. The van der Waals surface area contributed by atoms with Gasteiger partial charge in [0.05, 0.1) is 24.1 Å².